The topological polar surface area (TPSA) is 104 Å². The highest BCUT2D eigenvalue weighted by Gasteiger charge is 2.18. The number of nitrogens with two attached hydrogens (primary N) is 1. The van der Waals surface area contributed by atoms with E-state index in [1.807, 2.05) is 24.3 Å². The van der Waals surface area contributed by atoms with Crippen LogP contribution in [-0.4, -0.2) is 38.1 Å². The van der Waals surface area contributed by atoms with Crippen molar-refractivity contribution in [2.24, 2.45) is 5.73 Å². The highest BCUT2D eigenvalue weighted by Crippen LogP contribution is 2.25. The number of anilines is 1. The number of nitrogens with one attached hydrogen (secondary N) is 1. The van der Waals surface area contributed by atoms with Gasteiger partial charge >= 0.3 is 0 Å². The maximum atomic E-state index is 5.61. The molecule has 0 amide bonds. The van der Waals surface area contributed by atoms with Gasteiger partial charge in [-0.15, -0.1) is 5.10 Å². The Labute approximate surface area is 151 Å². The average Bonchev–Trinajstić information content (AvgIpc) is 3.12. The second-order valence-corrected chi connectivity index (χ2v) is 6.35. The molecule has 0 radical (unpaired) electrons. The number of aromatic nitrogens is 5. The molecule has 2 aromatic heterocycles. The maximum Gasteiger partial charge on any atom is 0.225 e. The van der Waals surface area contributed by atoms with Crippen LogP contribution in [0.3, 0.4) is 0 Å². The number of rotatable bonds is 4. The summed E-state index contributed by atoms with van der Waals surface area (Å²) in [6.07, 6.45) is 7.52. The molecule has 0 unspecified atom stereocenters. The number of nitrogens with zero attached hydrogens (tertiary/aromatic N) is 5. The Bertz CT molecular complexity index is 922. The summed E-state index contributed by atoms with van der Waals surface area (Å²) in [4.78, 5) is 9.01. The number of hydrogen-bond acceptors (Lipinski definition) is 7. The molecular weight excluding hydrogens is 330 g/mol. The van der Waals surface area contributed by atoms with Crippen molar-refractivity contribution < 1.29 is 4.74 Å². The zero-order chi connectivity index (χ0) is 17.9. The van der Waals surface area contributed by atoms with Crippen LogP contribution >= 0.6 is 0 Å². The van der Waals surface area contributed by atoms with Crippen LogP contribution in [0.4, 0.5) is 5.95 Å². The third-order valence-corrected chi connectivity index (χ3v) is 4.71. The van der Waals surface area contributed by atoms with E-state index < -0.39 is 0 Å². The molecule has 0 saturated heterocycles. The molecule has 1 saturated carbocycles. The summed E-state index contributed by atoms with van der Waals surface area (Å²) in [5, 5.41) is 11.8. The molecule has 0 atom stereocenters. The van der Waals surface area contributed by atoms with Gasteiger partial charge in [0, 0.05) is 6.04 Å². The minimum absolute atomic E-state index is 0.349. The van der Waals surface area contributed by atoms with Crippen molar-refractivity contribution in [1.29, 1.82) is 0 Å². The molecule has 3 aromatic rings. The van der Waals surface area contributed by atoms with E-state index in [9.17, 15) is 0 Å². The van der Waals surface area contributed by atoms with E-state index in [1.54, 1.807) is 24.2 Å². The molecule has 1 aliphatic rings. The van der Waals surface area contributed by atoms with E-state index in [0.29, 0.717) is 23.2 Å². The van der Waals surface area contributed by atoms with E-state index in [4.69, 9.17) is 10.5 Å². The first kappa shape index (κ1) is 16.3. The zero-order valence-electron chi connectivity index (χ0n) is 14.6. The second kappa shape index (κ2) is 6.99. The van der Waals surface area contributed by atoms with Crippen LogP contribution in [-0.2, 0) is 0 Å². The lowest BCUT2D eigenvalue weighted by atomic mass is 9.91. The smallest absolute Gasteiger partial charge is 0.225 e. The number of fused-ring (bicyclic) bond motifs is 1. The number of hydrogen-bond donors (Lipinski definition) is 2. The lowest BCUT2D eigenvalue weighted by molar-refractivity contribution is 0.414. The van der Waals surface area contributed by atoms with Gasteiger partial charge in [-0.05, 0) is 56.1 Å². The Morgan fingerprint density at radius 3 is 2.69 bits per heavy atom. The highest BCUT2D eigenvalue weighted by molar-refractivity contribution is 5.72. The van der Waals surface area contributed by atoms with Crippen LogP contribution in [0, 0.1) is 0 Å². The number of allylic oxidation sites excluding steroid dienone is 1. The summed E-state index contributed by atoms with van der Waals surface area (Å²) in [5.74, 6) is 1.39. The lowest BCUT2D eigenvalue weighted by Crippen LogP contribution is -2.24. The van der Waals surface area contributed by atoms with E-state index in [0.717, 1.165) is 37.1 Å². The molecule has 3 N–H and O–H groups in total. The summed E-state index contributed by atoms with van der Waals surface area (Å²) in [7, 11) is 1.64. The van der Waals surface area contributed by atoms with E-state index in [-0.39, 0.29) is 0 Å². The Hall–Kier alpha value is -3.16. The van der Waals surface area contributed by atoms with E-state index in [1.165, 1.54) is 5.57 Å². The molecule has 0 aliphatic heterocycles. The van der Waals surface area contributed by atoms with Gasteiger partial charge in [0.25, 0.3) is 0 Å². The quantitative estimate of drug-likeness (QED) is 0.744. The summed E-state index contributed by atoms with van der Waals surface area (Å²) in [6.45, 7) is 0. The minimum atomic E-state index is 0.349. The van der Waals surface area contributed by atoms with Crippen molar-refractivity contribution in [3.8, 4) is 11.4 Å². The highest BCUT2D eigenvalue weighted by atomic mass is 16.5. The number of benzene rings is 1. The van der Waals surface area contributed by atoms with Crippen molar-refractivity contribution >= 4 is 17.1 Å². The average molecular weight is 351 g/mol. The second-order valence-electron chi connectivity index (χ2n) is 6.35. The summed E-state index contributed by atoms with van der Waals surface area (Å²) < 4.78 is 6.91. The third kappa shape index (κ3) is 3.17. The molecular formula is C18H21N7O. The van der Waals surface area contributed by atoms with Gasteiger partial charge in [0.1, 0.15) is 5.75 Å². The lowest BCUT2D eigenvalue weighted by Gasteiger charge is -2.24. The predicted octanol–water partition coefficient (Wildman–Crippen LogP) is 2.42. The van der Waals surface area contributed by atoms with Gasteiger partial charge in [0.05, 0.1) is 19.0 Å². The van der Waals surface area contributed by atoms with Crippen molar-refractivity contribution in [2.75, 3.05) is 12.4 Å². The predicted molar refractivity (Wildman–Crippen MR) is 99.2 cm³/mol. The van der Waals surface area contributed by atoms with E-state index >= 15 is 0 Å². The number of ether oxygens (including phenoxy) is 1. The van der Waals surface area contributed by atoms with Crippen molar-refractivity contribution in [1.82, 2.24) is 25.0 Å². The molecule has 1 fully saturated rings. The summed E-state index contributed by atoms with van der Waals surface area (Å²) in [6, 6.07) is 7.96. The zero-order valence-corrected chi connectivity index (χ0v) is 14.6. The number of methoxy groups -OCH3 is 1. The van der Waals surface area contributed by atoms with Gasteiger partial charge in [0.2, 0.25) is 5.95 Å². The Kier molecular flexibility index (Phi) is 4.39. The van der Waals surface area contributed by atoms with Gasteiger partial charge in [-0.2, -0.15) is 9.67 Å². The summed E-state index contributed by atoms with van der Waals surface area (Å²) >= 11 is 0. The van der Waals surface area contributed by atoms with Crippen LogP contribution < -0.4 is 15.8 Å². The van der Waals surface area contributed by atoms with Gasteiger partial charge in [-0.25, -0.2) is 4.98 Å². The minimum Gasteiger partial charge on any atom is -0.497 e. The first-order chi connectivity index (χ1) is 12.8. The molecule has 4 rings (SSSR count). The van der Waals surface area contributed by atoms with E-state index in [2.05, 4.69) is 25.6 Å². The van der Waals surface area contributed by atoms with Gasteiger partial charge in [-0.1, -0.05) is 10.8 Å². The van der Waals surface area contributed by atoms with Crippen molar-refractivity contribution in [2.45, 2.75) is 31.7 Å². The maximum absolute atomic E-state index is 5.61. The first-order valence-electron chi connectivity index (χ1n) is 8.66. The molecule has 134 valence electrons. The van der Waals surface area contributed by atoms with Crippen LogP contribution in [0.1, 0.15) is 25.7 Å². The van der Waals surface area contributed by atoms with Crippen molar-refractivity contribution in [3.05, 3.63) is 42.2 Å². The first-order valence-corrected chi connectivity index (χ1v) is 8.66. The molecule has 26 heavy (non-hydrogen) atoms. The van der Waals surface area contributed by atoms with Crippen LogP contribution in [0.25, 0.3) is 16.9 Å². The van der Waals surface area contributed by atoms with Crippen LogP contribution in [0.15, 0.2) is 42.2 Å². The van der Waals surface area contributed by atoms with Crippen molar-refractivity contribution in [3.63, 3.8) is 0 Å². The van der Waals surface area contributed by atoms with Gasteiger partial charge < -0.3 is 15.8 Å². The summed E-state index contributed by atoms with van der Waals surface area (Å²) in [5.41, 5.74) is 9.13. The molecule has 1 aromatic carbocycles. The fraction of sp³-hybridized carbons (Fsp3) is 0.333. The Morgan fingerprint density at radius 2 is 2.00 bits per heavy atom. The SMILES string of the molecule is COc1ccc(-n2nnc3cnc(NC4CCC(=CN)CC4)nc32)cc1. The fourth-order valence-electron chi connectivity index (χ4n) is 3.18. The molecule has 8 heteroatoms. The van der Waals surface area contributed by atoms with Gasteiger partial charge in [-0.3, -0.25) is 0 Å². The van der Waals surface area contributed by atoms with Crippen LogP contribution in [0.2, 0.25) is 0 Å². The molecule has 1 aliphatic carbocycles. The van der Waals surface area contributed by atoms with Crippen LogP contribution in [0.5, 0.6) is 5.75 Å². The Morgan fingerprint density at radius 1 is 1.23 bits per heavy atom. The largest absolute Gasteiger partial charge is 0.497 e. The molecule has 0 spiro atoms. The third-order valence-electron chi connectivity index (χ3n) is 4.71. The molecule has 0 bridgehead atoms. The standard InChI is InChI=1S/C18H21N7O/c1-26-15-8-6-14(7-9-15)25-17-16(23-24-25)11-20-18(22-17)21-13-4-2-12(10-19)3-5-13/h6-11,13H,2-5,19H2,1H3,(H,20,21,22). The molecule has 2 heterocycles. The fourth-order valence-corrected chi connectivity index (χ4v) is 3.18. The monoisotopic (exact) mass is 351 g/mol. The molecule has 8 nitrogen and oxygen atoms in total. The normalized spacial score (nSPS) is 17.3. The van der Waals surface area contributed by atoms with Gasteiger partial charge in [0.15, 0.2) is 11.2 Å². The Balaban J connectivity index is 1.58.